The monoisotopic (exact) mass is 227 g/mol. The highest BCUT2D eigenvalue weighted by Crippen LogP contribution is 2.29. The van der Waals surface area contributed by atoms with E-state index in [9.17, 15) is 22.0 Å². The second-order valence-corrected chi connectivity index (χ2v) is 2.68. The zero-order valence-corrected chi connectivity index (χ0v) is 7.18. The van der Waals surface area contributed by atoms with Crippen LogP contribution in [0.1, 0.15) is 12.0 Å². The van der Waals surface area contributed by atoms with Crippen molar-refractivity contribution in [3.63, 3.8) is 0 Å². The summed E-state index contributed by atoms with van der Waals surface area (Å²) in [4.78, 5) is 0. The predicted octanol–water partition coefficient (Wildman–Crippen LogP) is 3.11. The third kappa shape index (κ3) is 3.61. The average Bonchev–Trinajstić information content (AvgIpc) is 1.99. The third-order valence-electron chi connectivity index (χ3n) is 1.44. The van der Waals surface area contributed by atoms with E-state index in [1.807, 2.05) is 0 Å². The molecule has 0 amide bonds. The molecule has 2 N–H and O–H groups in total. The van der Waals surface area contributed by atoms with Gasteiger partial charge in [0.25, 0.3) is 6.43 Å². The molecule has 0 spiro atoms. The molecule has 0 bridgehead atoms. The molecule has 84 valence electrons. The van der Waals surface area contributed by atoms with Gasteiger partial charge in [0.05, 0.1) is 0 Å². The molecular weight excluding hydrogens is 221 g/mol. The van der Waals surface area contributed by atoms with Crippen LogP contribution in [-0.2, 0) is 0 Å². The van der Waals surface area contributed by atoms with Gasteiger partial charge >= 0.3 is 6.36 Å². The standard InChI is InChI=1S/C8H6F5NO/c9-7(10)4-1-5(14)3-6(2-4)15-8(11,12)13/h1-3,7H,14H2. The molecule has 0 saturated carbocycles. The Hall–Kier alpha value is -1.53. The van der Waals surface area contributed by atoms with E-state index in [4.69, 9.17) is 5.73 Å². The van der Waals surface area contributed by atoms with Crippen molar-refractivity contribution in [1.29, 1.82) is 0 Å². The van der Waals surface area contributed by atoms with Gasteiger partial charge in [-0.05, 0) is 12.1 Å². The number of benzene rings is 1. The van der Waals surface area contributed by atoms with Gasteiger partial charge in [0, 0.05) is 17.3 Å². The molecule has 0 fully saturated rings. The summed E-state index contributed by atoms with van der Waals surface area (Å²) in [6.07, 6.45) is -7.82. The topological polar surface area (TPSA) is 35.2 Å². The normalized spacial score (nSPS) is 11.9. The zero-order chi connectivity index (χ0) is 11.6. The second kappa shape index (κ2) is 3.92. The van der Waals surface area contributed by atoms with E-state index in [-0.39, 0.29) is 5.69 Å². The molecule has 0 saturated heterocycles. The van der Waals surface area contributed by atoms with Gasteiger partial charge in [-0.3, -0.25) is 0 Å². The molecule has 0 heterocycles. The Kier molecular flexibility index (Phi) is 3.01. The van der Waals surface area contributed by atoms with Crippen LogP contribution in [0.2, 0.25) is 0 Å². The maximum atomic E-state index is 12.2. The number of alkyl halides is 5. The summed E-state index contributed by atoms with van der Waals surface area (Å²) < 4.78 is 63.1. The maximum Gasteiger partial charge on any atom is 0.573 e. The number of halogens is 5. The van der Waals surface area contributed by atoms with Crippen LogP contribution in [0, 0.1) is 0 Å². The molecule has 1 aromatic rings. The van der Waals surface area contributed by atoms with Crippen LogP contribution in [-0.4, -0.2) is 6.36 Å². The Labute approximate surface area is 81.4 Å². The number of anilines is 1. The van der Waals surface area contributed by atoms with Gasteiger partial charge in [-0.15, -0.1) is 13.2 Å². The highest BCUT2D eigenvalue weighted by Gasteiger charge is 2.31. The Morgan fingerprint density at radius 2 is 1.73 bits per heavy atom. The Morgan fingerprint density at radius 3 is 2.20 bits per heavy atom. The summed E-state index contributed by atoms with van der Waals surface area (Å²) in [5, 5.41) is 0. The number of rotatable bonds is 2. The van der Waals surface area contributed by atoms with Crippen LogP contribution in [0.4, 0.5) is 27.6 Å². The van der Waals surface area contributed by atoms with E-state index in [2.05, 4.69) is 4.74 Å². The van der Waals surface area contributed by atoms with Crippen LogP contribution in [0.25, 0.3) is 0 Å². The molecule has 0 aliphatic heterocycles. The van der Waals surface area contributed by atoms with E-state index in [0.717, 1.165) is 12.1 Å². The third-order valence-corrected chi connectivity index (χ3v) is 1.44. The van der Waals surface area contributed by atoms with Crippen molar-refractivity contribution in [1.82, 2.24) is 0 Å². The summed E-state index contributed by atoms with van der Waals surface area (Å²) >= 11 is 0. The largest absolute Gasteiger partial charge is 0.573 e. The minimum absolute atomic E-state index is 0.216. The molecule has 0 aromatic heterocycles. The number of hydrogen-bond acceptors (Lipinski definition) is 2. The Bertz CT molecular complexity index is 349. The first kappa shape index (κ1) is 11.5. The fourth-order valence-corrected chi connectivity index (χ4v) is 0.965. The van der Waals surface area contributed by atoms with Crippen molar-refractivity contribution in [3.05, 3.63) is 23.8 Å². The molecule has 2 nitrogen and oxygen atoms in total. The first-order chi connectivity index (χ1) is 6.78. The SMILES string of the molecule is Nc1cc(OC(F)(F)F)cc(C(F)F)c1. The summed E-state index contributed by atoms with van der Waals surface area (Å²) in [5.74, 6) is -0.752. The summed E-state index contributed by atoms with van der Waals surface area (Å²) in [6, 6.07) is 2.29. The van der Waals surface area contributed by atoms with Crippen LogP contribution in [0.3, 0.4) is 0 Å². The number of hydrogen-bond donors (Lipinski definition) is 1. The Morgan fingerprint density at radius 1 is 1.13 bits per heavy atom. The van der Waals surface area contributed by atoms with Gasteiger partial charge in [-0.2, -0.15) is 0 Å². The summed E-state index contributed by atoms with van der Waals surface area (Å²) in [5.41, 5.74) is 4.30. The van der Waals surface area contributed by atoms with E-state index in [1.165, 1.54) is 0 Å². The van der Waals surface area contributed by atoms with Crippen LogP contribution >= 0.6 is 0 Å². The lowest BCUT2D eigenvalue weighted by atomic mass is 10.2. The fourth-order valence-electron chi connectivity index (χ4n) is 0.965. The minimum Gasteiger partial charge on any atom is -0.406 e. The molecule has 1 aromatic carbocycles. The first-order valence-corrected chi connectivity index (χ1v) is 3.72. The van der Waals surface area contributed by atoms with Gasteiger partial charge in [-0.25, -0.2) is 8.78 Å². The van der Waals surface area contributed by atoms with Crippen molar-refractivity contribution in [2.75, 3.05) is 5.73 Å². The molecule has 0 radical (unpaired) electrons. The molecule has 0 atom stereocenters. The second-order valence-electron chi connectivity index (χ2n) is 2.68. The molecule has 15 heavy (non-hydrogen) atoms. The Balaban J connectivity index is 2.99. The van der Waals surface area contributed by atoms with Crippen molar-refractivity contribution in [2.24, 2.45) is 0 Å². The molecule has 0 aliphatic carbocycles. The van der Waals surface area contributed by atoms with Gasteiger partial charge in [0.2, 0.25) is 0 Å². The first-order valence-electron chi connectivity index (χ1n) is 3.72. The lowest BCUT2D eigenvalue weighted by molar-refractivity contribution is -0.274. The fraction of sp³-hybridized carbons (Fsp3) is 0.250. The molecule has 0 aliphatic rings. The smallest absolute Gasteiger partial charge is 0.406 e. The molecule has 1 rings (SSSR count). The van der Waals surface area contributed by atoms with Gasteiger partial charge in [-0.1, -0.05) is 0 Å². The van der Waals surface area contributed by atoms with Crippen LogP contribution in [0.5, 0.6) is 5.75 Å². The van der Waals surface area contributed by atoms with Crippen molar-refractivity contribution in [3.8, 4) is 5.75 Å². The number of nitrogens with two attached hydrogens (primary N) is 1. The van der Waals surface area contributed by atoms with Gasteiger partial charge < -0.3 is 10.5 Å². The quantitative estimate of drug-likeness (QED) is 0.622. The van der Waals surface area contributed by atoms with E-state index < -0.39 is 24.1 Å². The highest BCUT2D eigenvalue weighted by atomic mass is 19.4. The molecular formula is C8H6F5NO. The lowest BCUT2D eigenvalue weighted by Crippen LogP contribution is -2.17. The van der Waals surface area contributed by atoms with Gasteiger partial charge in [0.15, 0.2) is 0 Å². The number of ether oxygens (including phenoxy) is 1. The van der Waals surface area contributed by atoms with E-state index in [1.54, 1.807) is 0 Å². The summed E-state index contributed by atoms with van der Waals surface area (Å²) in [7, 11) is 0. The van der Waals surface area contributed by atoms with E-state index in [0.29, 0.717) is 6.07 Å². The predicted molar refractivity (Wildman–Crippen MR) is 42.5 cm³/mol. The summed E-state index contributed by atoms with van der Waals surface area (Å²) in [6.45, 7) is 0. The zero-order valence-electron chi connectivity index (χ0n) is 7.18. The van der Waals surface area contributed by atoms with Gasteiger partial charge in [0.1, 0.15) is 5.75 Å². The van der Waals surface area contributed by atoms with E-state index >= 15 is 0 Å². The highest BCUT2D eigenvalue weighted by molar-refractivity contribution is 5.48. The average molecular weight is 227 g/mol. The lowest BCUT2D eigenvalue weighted by Gasteiger charge is -2.10. The molecule has 0 unspecified atom stereocenters. The van der Waals surface area contributed by atoms with Crippen LogP contribution in [0.15, 0.2) is 18.2 Å². The van der Waals surface area contributed by atoms with Crippen molar-refractivity contribution in [2.45, 2.75) is 12.8 Å². The number of nitrogen functional groups attached to an aromatic ring is 1. The van der Waals surface area contributed by atoms with Crippen LogP contribution < -0.4 is 10.5 Å². The van der Waals surface area contributed by atoms with Crippen molar-refractivity contribution >= 4 is 5.69 Å². The molecule has 7 heteroatoms. The minimum atomic E-state index is -4.92. The maximum absolute atomic E-state index is 12.2. The van der Waals surface area contributed by atoms with Crippen molar-refractivity contribution < 1.29 is 26.7 Å².